The van der Waals surface area contributed by atoms with Gasteiger partial charge in [-0.3, -0.25) is 14.4 Å². The van der Waals surface area contributed by atoms with Crippen LogP contribution in [0.25, 0.3) is 0 Å². The second-order valence-electron chi connectivity index (χ2n) is 7.61. The monoisotopic (exact) mass is 389 g/mol. The van der Waals surface area contributed by atoms with Gasteiger partial charge in [0.05, 0.1) is 44.4 Å². The second kappa shape index (κ2) is 7.52. The number of carbonyl (C=O) groups excluding carboxylic acids is 3. The Hall–Kier alpha value is -2.06. The Morgan fingerprint density at radius 3 is 2.37 bits per heavy atom. The van der Waals surface area contributed by atoms with Crippen LogP contribution in [0, 0.1) is 18.8 Å². The van der Waals surface area contributed by atoms with E-state index >= 15 is 0 Å². The van der Waals surface area contributed by atoms with Gasteiger partial charge < -0.3 is 9.80 Å². The van der Waals surface area contributed by atoms with E-state index < -0.39 is 0 Å². The molecule has 3 amide bonds. The first kappa shape index (κ1) is 18.3. The zero-order chi connectivity index (χ0) is 19.0. The normalized spacial score (nSPS) is 26.0. The Kier molecular flexibility index (Phi) is 5.10. The molecule has 2 atom stereocenters. The number of allylic oxidation sites excluding steroid dienone is 2. The molecular formula is C19H25N4O3S+. The number of hydrogen-bond donors (Lipinski definition) is 1. The van der Waals surface area contributed by atoms with Crippen LogP contribution >= 0.6 is 11.3 Å². The Morgan fingerprint density at radius 1 is 1.19 bits per heavy atom. The molecule has 4 rings (SSSR count). The molecule has 0 saturated carbocycles. The number of quaternary nitrogens is 1. The van der Waals surface area contributed by atoms with Crippen LogP contribution in [0.1, 0.15) is 23.5 Å². The van der Waals surface area contributed by atoms with Crippen molar-refractivity contribution < 1.29 is 19.3 Å². The minimum Gasteiger partial charge on any atom is -0.331 e. The number of likely N-dealkylation sites (tertiary alicyclic amines) is 1. The van der Waals surface area contributed by atoms with Crippen LogP contribution in [0.15, 0.2) is 17.5 Å². The highest BCUT2D eigenvalue weighted by Gasteiger charge is 2.48. The maximum Gasteiger partial charge on any atom is 0.237 e. The van der Waals surface area contributed by atoms with Gasteiger partial charge in [-0.25, -0.2) is 9.88 Å². The SMILES string of the molecule is Cc1csc(CC(=O)N2CC[NH+](CN3C(=O)[C@H]4CC=CC[C@@H]4C3=O)CC2)n1. The van der Waals surface area contributed by atoms with Crippen molar-refractivity contribution in [2.45, 2.75) is 26.2 Å². The lowest BCUT2D eigenvalue weighted by Crippen LogP contribution is -3.16. The molecule has 1 aromatic heterocycles. The van der Waals surface area contributed by atoms with Crippen LogP contribution in [0.4, 0.5) is 0 Å². The van der Waals surface area contributed by atoms with Crippen molar-refractivity contribution in [3.63, 3.8) is 0 Å². The van der Waals surface area contributed by atoms with Crippen LogP contribution < -0.4 is 4.90 Å². The zero-order valence-electron chi connectivity index (χ0n) is 15.5. The Balaban J connectivity index is 1.29. The lowest BCUT2D eigenvalue weighted by molar-refractivity contribution is -0.911. The maximum atomic E-state index is 12.6. The highest BCUT2D eigenvalue weighted by Crippen LogP contribution is 2.34. The van der Waals surface area contributed by atoms with Crippen LogP contribution in [-0.4, -0.2) is 65.4 Å². The Labute approximate surface area is 162 Å². The fourth-order valence-corrected chi connectivity index (χ4v) is 4.97. The molecule has 27 heavy (non-hydrogen) atoms. The number of fused-ring (bicyclic) bond motifs is 1. The number of aromatic nitrogens is 1. The third-order valence-electron chi connectivity index (χ3n) is 5.77. The van der Waals surface area contributed by atoms with Gasteiger partial charge >= 0.3 is 0 Å². The van der Waals surface area contributed by atoms with Crippen molar-refractivity contribution >= 4 is 29.1 Å². The van der Waals surface area contributed by atoms with E-state index in [1.807, 2.05) is 29.4 Å². The zero-order valence-corrected chi connectivity index (χ0v) is 16.3. The van der Waals surface area contributed by atoms with Gasteiger partial charge in [0.1, 0.15) is 5.01 Å². The summed E-state index contributed by atoms with van der Waals surface area (Å²) in [4.78, 5) is 46.5. The Bertz CT molecular complexity index is 756. The molecule has 0 spiro atoms. The Morgan fingerprint density at radius 2 is 1.81 bits per heavy atom. The second-order valence-corrected chi connectivity index (χ2v) is 8.55. The molecule has 1 N–H and O–H groups in total. The minimum atomic E-state index is -0.161. The maximum absolute atomic E-state index is 12.6. The number of hydrogen-bond acceptors (Lipinski definition) is 5. The molecule has 1 aliphatic carbocycles. The molecule has 7 nitrogen and oxygen atoms in total. The molecule has 3 aliphatic rings. The molecule has 8 heteroatoms. The summed E-state index contributed by atoms with van der Waals surface area (Å²) < 4.78 is 0. The van der Waals surface area contributed by atoms with Crippen LogP contribution in [0.2, 0.25) is 0 Å². The summed E-state index contributed by atoms with van der Waals surface area (Å²) in [6, 6.07) is 0. The fourth-order valence-electron chi connectivity index (χ4n) is 4.20. The van der Waals surface area contributed by atoms with Crippen molar-refractivity contribution in [2.75, 3.05) is 32.8 Å². The number of amides is 3. The molecule has 2 fully saturated rings. The standard InChI is InChI=1S/C19H24N4O3S/c1-13-11-27-16(20-13)10-17(24)22-8-6-21(7-9-22)12-23-18(25)14-4-2-3-5-15(14)19(23)26/h2-3,11,14-15H,4-10,12H2,1H3/p+1/t14-,15-/m0/s1. The van der Waals surface area contributed by atoms with Gasteiger partial charge in [-0.2, -0.15) is 0 Å². The summed E-state index contributed by atoms with van der Waals surface area (Å²) in [5.74, 6) is -0.245. The molecule has 0 radical (unpaired) electrons. The molecule has 0 aromatic carbocycles. The van der Waals surface area contributed by atoms with Gasteiger partial charge in [0.2, 0.25) is 17.7 Å². The third-order valence-corrected chi connectivity index (χ3v) is 6.74. The smallest absolute Gasteiger partial charge is 0.237 e. The summed E-state index contributed by atoms with van der Waals surface area (Å²) in [5, 5.41) is 2.82. The average molecular weight is 390 g/mol. The van der Waals surface area contributed by atoms with Crippen molar-refractivity contribution in [3.8, 4) is 0 Å². The summed E-state index contributed by atoms with van der Waals surface area (Å²) in [5.41, 5.74) is 0.952. The lowest BCUT2D eigenvalue weighted by atomic mass is 9.85. The number of carbonyl (C=O) groups is 3. The van der Waals surface area contributed by atoms with Gasteiger partial charge in [-0.1, -0.05) is 12.2 Å². The molecule has 1 aromatic rings. The van der Waals surface area contributed by atoms with Crippen LogP contribution in [0.5, 0.6) is 0 Å². The molecule has 144 valence electrons. The van der Waals surface area contributed by atoms with Gasteiger partial charge in [-0.15, -0.1) is 11.3 Å². The van der Waals surface area contributed by atoms with E-state index in [1.165, 1.54) is 21.1 Å². The molecule has 2 saturated heterocycles. The first-order valence-corrected chi connectivity index (χ1v) is 10.4. The number of nitrogens with one attached hydrogen (secondary N) is 1. The molecular weight excluding hydrogens is 364 g/mol. The predicted molar refractivity (Wildman–Crippen MR) is 99.9 cm³/mol. The highest BCUT2D eigenvalue weighted by molar-refractivity contribution is 7.09. The first-order chi connectivity index (χ1) is 13.0. The number of thiazole rings is 1. The van der Waals surface area contributed by atoms with Crippen molar-refractivity contribution in [3.05, 3.63) is 28.2 Å². The van der Waals surface area contributed by atoms with E-state index in [1.54, 1.807) is 0 Å². The van der Waals surface area contributed by atoms with E-state index in [9.17, 15) is 14.4 Å². The van der Waals surface area contributed by atoms with E-state index in [0.29, 0.717) is 39.0 Å². The summed E-state index contributed by atoms with van der Waals surface area (Å²) in [6.07, 6.45) is 5.74. The van der Waals surface area contributed by atoms with Gasteiger partial charge in [0.25, 0.3) is 0 Å². The number of rotatable bonds is 4. The summed E-state index contributed by atoms with van der Waals surface area (Å²) >= 11 is 1.52. The predicted octanol–water partition coefficient (Wildman–Crippen LogP) is -0.370. The number of aryl methyl sites for hydroxylation is 1. The number of imide groups is 1. The summed E-state index contributed by atoms with van der Waals surface area (Å²) in [6.45, 7) is 5.19. The number of nitrogens with zero attached hydrogens (tertiary/aromatic N) is 3. The molecule has 3 heterocycles. The van der Waals surface area contributed by atoms with Crippen LogP contribution in [0.3, 0.4) is 0 Å². The number of piperazine rings is 1. The van der Waals surface area contributed by atoms with Gasteiger partial charge in [0, 0.05) is 11.1 Å². The average Bonchev–Trinajstić information content (AvgIpc) is 3.19. The molecule has 0 bridgehead atoms. The van der Waals surface area contributed by atoms with Crippen molar-refractivity contribution in [2.24, 2.45) is 11.8 Å². The molecule has 0 unspecified atom stereocenters. The van der Waals surface area contributed by atoms with Crippen molar-refractivity contribution in [1.29, 1.82) is 0 Å². The van der Waals surface area contributed by atoms with E-state index in [4.69, 9.17) is 0 Å². The highest BCUT2D eigenvalue weighted by atomic mass is 32.1. The summed E-state index contributed by atoms with van der Waals surface area (Å²) in [7, 11) is 0. The van der Waals surface area contributed by atoms with Gasteiger partial charge in [-0.05, 0) is 19.8 Å². The third kappa shape index (κ3) is 3.68. The van der Waals surface area contributed by atoms with Crippen molar-refractivity contribution in [1.82, 2.24) is 14.8 Å². The van der Waals surface area contributed by atoms with Crippen LogP contribution in [-0.2, 0) is 20.8 Å². The first-order valence-electron chi connectivity index (χ1n) is 9.55. The fraction of sp³-hybridized carbons (Fsp3) is 0.579. The van der Waals surface area contributed by atoms with E-state index in [-0.39, 0.29) is 29.6 Å². The molecule has 2 aliphatic heterocycles. The lowest BCUT2D eigenvalue weighted by Gasteiger charge is -2.33. The van der Waals surface area contributed by atoms with E-state index in [2.05, 4.69) is 4.98 Å². The minimum absolute atomic E-state index is 0.0144. The largest absolute Gasteiger partial charge is 0.331 e. The van der Waals surface area contributed by atoms with Gasteiger partial charge in [0.15, 0.2) is 6.67 Å². The van der Waals surface area contributed by atoms with E-state index in [0.717, 1.165) is 23.8 Å². The quantitative estimate of drug-likeness (QED) is 0.563. The topological polar surface area (TPSA) is 75.0 Å².